The molecule has 0 unspecified atom stereocenters. The fraction of sp³-hybridized carbons (Fsp3) is 0.231. The fourth-order valence-corrected chi connectivity index (χ4v) is 2.30. The minimum atomic E-state index is -1.01. The van der Waals surface area contributed by atoms with E-state index in [1.807, 2.05) is 0 Å². The molecule has 2 atom stereocenters. The summed E-state index contributed by atoms with van der Waals surface area (Å²) < 4.78 is 0. The van der Waals surface area contributed by atoms with Crippen molar-refractivity contribution in [2.45, 2.75) is 13.0 Å². The zero-order valence-corrected chi connectivity index (χ0v) is 10.1. The first kappa shape index (κ1) is 11.6. The maximum Gasteiger partial charge on any atom is 0.278 e. The van der Waals surface area contributed by atoms with Gasteiger partial charge in [-0.3, -0.25) is 14.4 Å². The Morgan fingerprint density at radius 2 is 1.89 bits per heavy atom. The van der Waals surface area contributed by atoms with Crippen molar-refractivity contribution >= 4 is 29.0 Å². The molecule has 19 heavy (non-hydrogen) atoms. The second-order valence-corrected chi connectivity index (χ2v) is 4.38. The van der Waals surface area contributed by atoms with Crippen molar-refractivity contribution in [3.8, 4) is 0 Å². The van der Waals surface area contributed by atoms with Crippen LogP contribution in [0.3, 0.4) is 0 Å². The van der Waals surface area contributed by atoms with Crippen molar-refractivity contribution in [2.24, 2.45) is 11.1 Å². The molecule has 0 aliphatic carbocycles. The van der Waals surface area contributed by atoms with Crippen molar-refractivity contribution < 1.29 is 19.2 Å². The van der Waals surface area contributed by atoms with E-state index in [2.05, 4.69) is 5.16 Å². The Hall–Kier alpha value is -2.50. The number of amides is 2. The van der Waals surface area contributed by atoms with Gasteiger partial charge in [0.15, 0.2) is 5.78 Å². The zero-order chi connectivity index (χ0) is 13.6. The summed E-state index contributed by atoms with van der Waals surface area (Å²) in [6, 6.07) is 8.55. The number of carbonyl (C=O) groups is 3. The van der Waals surface area contributed by atoms with Gasteiger partial charge in [-0.05, 0) is 12.1 Å². The van der Waals surface area contributed by atoms with Crippen LogP contribution >= 0.6 is 0 Å². The van der Waals surface area contributed by atoms with Crippen molar-refractivity contribution in [3.05, 3.63) is 30.3 Å². The van der Waals surface area contributed by atoms with E-state index in [0.717, 1.165) is 4.90 Å². The Morgan fingerprint density at radius 3 is 2.53 bits per heavy atom. The van der Waals surface area contributed by atoms with Gasteiger partial charge in [0.05, 0.1) is 5.69 Å². The second kappa shape index (κ2) is 4.01. The van der Waals surface area contributed by atoms with Crippen molar-refractivity contribution in [2.75, 3.05) is 4.90 Å². The Balaban J connectivity index is 2.00. The van der Waals surface area contributed by atoms with Gasteiger partial charge in [0.25, 0.3) is 5.91 Å². The minimum absolute atomic E-state index is 0.0155. The van der Waals surface area contributed by atoms with Gasteiger partial charge in [0.1, 0.15) is 11.6 Å². The topological polar surface area (TPSA) is 76.0 Å². The fourth-order valence-electron chi connectivity index (χ4n) is 2.30. The molecule has 2 heterocycles. The van der Waals surface area contributed by atoms with E-state index in [1.165, 1.54) is 6.92 Å². The van der Waals surface area contributed by atoms with E-state index < -0.39 is 23.8 Å². The lowest BCUT2D eigenvalue weighted by Crippen LogP contribution is -2.33. The van der Waals surface area contributed by atoms with E-state index in [-0.39, 0.29) is 11.5 Å². The molecule has 2 aliphatic heterocycles. The number of para-hydroxylation sites is 1. The summed E-state index contributed by atoms with van der Waals surface area (Å²) in [5, 5.41) is 3.55. The molecule has 1 aromatic carbocycles. The molecule has 6 heteroatoms. The van der Waals surface area contributed by atoms with Gasteiger partial charge in [-0.25, -0.2) is 4.90 Å². The highest BCUT2D eigenvalue weighted by Gasteiger charge is 2.56. The molecular weight excluding hydrogens is 248 g/mol. The summed E-state index contributed by atoms with van der Waals surface area (Å²) in [6.45, 7) is 1.30. The Morgan fingerprint density at radius 1 is 1.21 bits per heavy atom. The third-order valence-corrected chi connectivity index (χ3v) is 3.19. The van der Waals surface area contributed by atoms with Gasteiger partial charge in [-0.15, -0.1) is 0 Å². The smallest absolute Gasteiger partial charge is 0.278 e. The van der Waals surface area contributed by atoms with Gasteiger partial charge >= 0.3 is 0 Å². The van der Waals surface area contributed by atoms with Crippen LogP contribution in [-0.4, -0.2) is 29.4 Å². The van der Waals surface area contributed by atoms with Gasteiger partial charge in [-0.2, -0.15) is 0 Å². The number of fused-ring (bicyclic) bond motifs is 1. The van der Waals surface area contributed by atoms with Crippen LogP contribution in [0, 0.1) is 5.92 Å². The first-order valence-electron chi connectivity index (χ1n) is 5.79. The molecule has 1 aromatic rings. The number of nitrogens with zero attached hydrogens (tertiary/aromatic N) is 2. The number of anilines is 1. The van der Waals surface area contributed by atoms with Crippen LogP contribution in [0.25, 0.3) is 0 Å². The summed E-state index contributed by atoms with van der Waals surface area (Å²) in [6.07, 6.45) is -1.01. The molecule has 1 fully saturated rings. The lowest BCUT2D eigenvalue weighted by atomic mass is 9.97. The third-order valence-electron chi connectivity index (χ3n) is 3.19. The van der Waals surface area contributed by atoms with Crippen LogP contribution in [0.15, 0.2) is 35.5 Å². The lowest BCUT2D eigenvalue weighted by Gasteiger charge is -2.14. The molecule has 6 nitrogen and oxygen atoms in total. The number of benzene rings is 1. The van der Waals surface area contributed by atoms with Crippen LogP contribution in [0.5, 0.6) is 0 Å². The van der Waals surface area contributed by atoms with E-state index in [9.17, 15) is 14.4 Å². The number of imide groups is 1. The van der Waals surface area contributed by atoms with Crippen LogP contribution in [0.2, 0.25) is 0 Å². The highest BCUT2D eigenvalue weighted by Crippen LogP contribution is 2.33. The number of oxime groups is 1. The normalized spacial score (nSPS) is 25.1. The predicted molar refractivity (Wildman–Crippen MR) is 65.4 cm³/mol. The molecule has 2 amide bonds. The number of carbonyl (C=O) groups excluding carboxylic acids is 3. The quantitative estimate of drug-likeness (QED) is 0.725. The number of hydrogen-bond donors (Lipinski definition) is 0. The van der Waals surface area contributed by atoms with E-state index in [0.29, 0.717) is 5.69 Å². The average molecular weight is 258 g/mol. The highest BCUT2D eigenvalue weighted by atomic mass is 16.7. The summed E-state index contributed by atoms with van der Waals surface area (Å²) in [5.74, 6) is -2.22. The summed E-state index contributed by atoms with van der Waals surface area (Å²) in [5.41, 5.74) is 0.486. The molecular formula is C13H10N2O4. The molecule has 3 rings (SSSR count). The second-order valence-electron chi connectivity index (χ2n) is 4.38. The first-order valence-corrected chi connectivity index (χ1v) is 5.79. The average Bonchev–Trinajstić information content (AvgIpc) is 2.93. The van der Waals surface area contributed by atoms with Crippen LogP contribution in [0.4, 0.5) is 5.69 Å². The van der Waals surface area contributed by atoms with Crippen LogP contribution < -0.4 is 4.90 Å². The molecule has 0 radical (unpaired) electrons. The van der Waals surface area contributed by atoms with Crippen molar-refractivity contribution in [1.29, 1.82) is 0 Å². The Kier molecular flexibility index (Phi) is 2.45. The summed E-state index contributed by atoms with van der Waals surface area (Å²) in [7, 11) is 0. The number of Topliss-reactive ketones (excluding diaryl/α,β-unsaturated/α-hetero) is 1. The Bertz CT molecular complexity index is 608. The minimum Gasteiger partial charge on any atom is -0.381 e. The van der Waals surface area contributed by atoms with E-state index >= 15 is 0 Å². The maximum absolute atomic E-state index is 12.3. The molecule has 1 saturated heterocycles. The maximum atomic E-state index is 12.3. The highest BCUT2D eigenvalue weighted by molar-refractivity contribution is 6.47. The zero-order valence-electron chi connectivity index (χ0n) is 10.1. The summed E-state index contributed by atoms with van der Waals surface area (Å²) >= 11 is 0. The molecule has 0 aromatic heterocycles. The molecule has 0 bridgehead atoms. The van der Waals surface area contributed by atoms with Gasteiger partial charge in [0.2, 0.25) is 12.0 Å². The van der Waals surface area contributed by atoms with Crippen molar-refractivity contribution in [1.82, 2.24) is 0 Å². The van der Waals surface area contributed by atoms with Gasteiger partial charge < -0.3 is 4.84 Å². The largest absolute Gasteiger partial charge is 0.381 e. The number of ketones is 1. The lowest BCUT2D eigenvalue weighted by molar-refractivity contribution is -0.126. The first-order chi connectivity index (χ1) is 9.11. The molecule has 0 N–H and O–H groups in total. The Labute approximate surface area is 108 Å². The number of rotatable bonds is 2. The molecule has 96 valence electrons. The van der Waals surface area contributed by atoms with Gasteiger partial charge in [0, 0.05) is 6.92 Å². The monoisotopic (exact) mass is 258 g/mol. The van der Waals surface area contributed by atoms with E-state index in [4.69, 9.17) is 4.84 Å². The molecule has 0 spiro atoms. The molecule has 2 aliphatic rings. The predicted octanol–water partition coefficient (Wildman–Crippen LogP) is 0.520. The SMILES string of the molecule is CC(=O)C1=NO[C@H]2C(=O)N(c3ccccc3)C(=O)[C@H]12. The summed E-state index contributed by atoms with van der Waals surface area (Å²) in [4.78, 5) is 41.8. The third kappa shape index (κ3) is 1.56. The van der Waals surface area contributed by atoms with Crippen LogP contribution in [0.1, 0.15) is 6.92 Å². The van der Waals surface area contributed by atoms with Crippen LogP contribution in [-0.2, 0) is 19.2 Å². The van der Waals surface area contributed by atoms with Crippen molar-refractivity contribution in [3.63, 3.8) is 0 Å². The number of hydrogen-bond acceptors (Lipinski definition) is 5. The van der Waals surface area contributed by atoms with Gasteiger partial charge in [-0.1, -0.05) is 23.4 Å². The standard InChI is InChI=1S/C13H10N2O4/c1-7(16)10-9-11(19-14-10)13(18)15(12(9)17)8-5-3-2-4-6-8/h2-6,9,11H,1H3/t9-,11-/m1/s1. The molecule has 0 saturated carbocycles. The van der Waals surface area contributed by atoms with E-state index in [1.54, 1.807) is 30.3 Å².